The summed E-state index contributed by atoms with van der Waals surface area (Å²) in [6.45, 7) is -0.456. The largest absolute Gasteiger partial charge is 0.493 e. The third kappa shape index (κ3) is 15.2. The molecular formula is C34H46N12O8S. The van der Waals surface area contributed by atoms with Gasteiger partial charge < -0.3 is 54.7 Å². The lowest BCUT2D eigenvalue weighted by Crippen LogP contribution is -2.52. The number of primary amides is 1. The maximum atomic E-state index is 13.2. The van der Waals surface area contributed by atoms with Crippen molar-refractivity contribution in [1.29, 1.82) is 0 Å². The molecule has 0 bridgehead atoms. The number of carbonyl (C=O) groups excluding carboxylic acids is 7. The summed E-state index contributed by atoms with van der Waals surface area (Å²) in [5.41, 5.74) is 27.3. The Morgan fingerprint density at radius 2 is 1.35 bits per heavy atom. The molecule has 2 aromatic carbocycles. The summed E-state index contributed by atoms with van der Waals surface area (Å²) in [6, 6.07) is 8.76. The first kappa shape index (κ1) is 43.0. The average Bonchev–Trinajstić information content (AvgIpc) is 3.46. The van der Waals surface area contributed by atoms with E-state index >= 15 is 0 Å². The standard InChI is InChI=1S/C34H46N12O8S/c35-26(47)17-42-29(50)23(9-4-14-41-33(38)39)45-28(49)18-43-30(51)22(8-3-13-40-32(36)37)44-27(48)10-5-15-54-24-12-11-19(20-6-1-2-7-21(20)24)16-25-31(52)46-34(53)55-25/h1-2,6-7,11-12,16,22-23H,3-5,8-10,13-15,17-18H2,(H2,35,47)(H,42,50)(H,43,51)(H,44,48)(H,45,49)(H4,36,37,40)(H4,38,39,41)(H,46,52,53)/b25-16-. The molecule has 0 aliphatic carbocycles. The van der Waals surface area contributed by atoms with Gasteiger partial charge in [-0.05, 0) is 67.0 Å². The van der Waals surface area contributed by atoms with Crippen LogP contribution in [0.2, 0.25) is 0 Å². The second-order valence-electron chi connectivity index (χ2n) is 12.0. The third-order valence-corrected chi connectivity index (χ3v) is 8.52. The van der Waals surface area contributed by atoms with E-state index in [1.54, 1.807) is 18.2 Å². The number of imide groups is 1. The Hall–Kier alpha value is -6.38. The number of benzene rings is 2. The van der Waals surface area contributed by atoms with Crippen LogP contribution >= 0.6 is 11.8 Å². The molecular weight excluding hydrogens is 737 g/mol. The third-order valence-electron chi connectivity index (χ3n) is 7.71. The SMILES string of the molecule is NC(=O)CNC(=O)C(CCCN=C(N)N)NC(=O)CNC(=O)C(CCCN=C(N)N)NC(=O)CCCOc1ccc(/C=C2\SC(=O)NC2=O)c2ccccc12. The molecule has 0 radical (unpaired) electrons. The number of hydrogen-bond acceptors (Lipinski definition) is 11. The molecule has 1 aliphatic rings. The first-order valence-electron chi connectivity index (χ1n) is 17.2. The monoisotopic (exact) mass is 782 g/mol. The number of ether oxygens (including phenoxy) is 1. The van der Waals surface area contributed by atoms with Gasteiger partial charge in [0, 0.05) is 24.9 Å². The van der Waals surface area contributed by atoms with E-state index in [9.17, 15) is 33.6 Å². The highest BCUT2D eigenvalue weighted by atomic mass is 32.2. The summed E-state index contributed by atoms with van der Waals surface area (Å²) in [5.74, 6) is -3.46. The highest BCUT2D eigenvalue weighted by Crippen LogP contribution is 2.32. The molecule has 20 nitrogen and oxygen atoms in total. The minimum atomic E-state index is -1.09. The summed E-state index contributed by atoms with van der Waals surface area (Å²) in [4.78, 5) is 94.3. The van der Waals surface area contributed by atoms with Gasteiger partial charge in [0.1, 0.15) is 17.8 Å². The van der Waals surface area contributed by atoms with Gasteiger partial charge in [-0.3, -0.25) is 48.9 Å². The smallest absolute Gasteiger partial charge is 0.290 e. The molecule has 2 aromatic rings. The van der Waals surface area contributed by atoms with Gasteiger partial charge >= 0.3 is 0 Å². The number of thioether (sulfide) groups is 1. The number of amides is 7. The quantitative estimate of drug-likeness (QED) is 0.0271. The van der Waals surface area contributed by atoms with Gasteiger partial charge in [0.05, 0.1) is 24.6 Å². The van der Waals surface area contributed by atoms with E-state index in [0.29, 0.717) is 18.6 Å². The Kier molecular flexibility index (Phi) is 17.2. The number of guanidine groups is 2. The lowest BCUT2D eigenvalue weighted by atomic mass is 10.0. The van der Waals surface area contributed by atoms with Crippen LogP contribution in [-0.2, 0) is 28.8 Å². The Morgan fingerprint density at radius 1 is 0.764 bits per heavy atom. The summed E-state index contributed by atoms with van der Waals surface area (Å²) in [5, 5.41) is 13.3. The van der Waals surface area contributed by atoms with E-state index in [0.717, 1.165) is 28.1 Å². The van der Waals surface area contributed by atoms with Crippen LogP contribution in [0.4, 0.5) is 4.79 Å². The molecule has 296 valence electrons. The molecule has 1 aliphatic heterocycles. The molecule has 1 fully saturated rings. The molecule has 55 heavy (non-hydrogen) atoms. The minimum Gasteiger partial charge on any atom is -0.493 e. The van der Waals surface area contributed by atoms with Crippen LogP contribution in [0.1, 0.15) is 44.1 Å². The Bertz CT molecular complexity index is 1840. The second kappa shape index (κ2) is 22.0. The predicted molar refractivity (Wildman–Crippen MR) is 207 cm³/mol. The highest BCUT2D eigenvalue weighted by molar-refractivity contribution is 8.18. The van der Waals surface area contributed by atoms with Gasteiger partial charge in [0.25, 0.3) is 11.1 Å². The Labute approximate surface area is 320 Å². The van der Waals surface area contributed by atoms with Crippen molar-refractivity contribution < 1.29 is 38.3 Å². The molecule has 2 atom stereocenters. The van der Waals surface area contributed by atoms with Crippen molar-refractivity contribution in [2.75, 3.05) is 32.8 Å². The van der Waals surface area contributed by atoms with Crippen molar-refractivity contribution in [2.45, 2.75) is 50.6 Å². The van der Waals surface area contributed by atoms with Gasteiger partial charge in [0.2, 0.25) is 29.5 Å². The molecule has 0 spiro atoms. The van der Waals surface area contributed by atoms with Crippen molar-refractivity contribution in [3.63, 3.8) is 0 Å². The number of aliphatic imine (C=N–C) groups is 2. The van der Waals surface area contributed by atoms with Crippen LogP contribution in [0.3, 0.4) is 0 Å². The zero-order valence-corrected chi connectivity index (χ0v) is 30.7. The summed E-state index contributed by atoms with van der Waals surface area (Å²) in [7, 11) is 0. The maximum Gasteiger partial charge on any atom is 0.290 e. The minimum absolute atomic E-state index is 0.00257. The Balaban J connectivity index is 1.57. The normalized spacial score (nSPS) is 13.9. The zero-order valence-electron chi connectivity index (χ0n) is 29.9. The second-order valence-corrected chi connectivity index (χ2v) is 13.1. The topological polar surface area (TPSA) is 344 Å². The lowest BCUT2D eigenvalue weighted by molar-refractivity contribution is -0.132. The zero-order chi connectivity index (χ0) is 40.3. The average molecular weight is 783 g/mol. The Morgan fingerprint density at radius 3 is 1.91 bits per heavy atom. The van der Waals surface area contributed by atoms with Gasteiger partial charge in [-0.2, -0.15) is 0 Å². The van der Waals surface area contributed by atoms with Gasteiger partial charge in [0.15, 0.2) is 11.9 Å². The number of rotatable bonds is 22. The first-order chi connectivity index (χ1) is 26.2. The van der Waals surface area contributed by atoms with E-state index in [1.165, 1.54) is 0 Å². The van der Waals surface area contributed by atoms with E-state index in [1.807, 2.05) is 24.3 Å². The fraction of sp³-hybridized carbons (Fsp3) is 0.382. The van der Waals surface area contributed by atoms with Gasteiger partial charge in [-0.25, -0.2) is 0 Å². The summed E-state index contributed by atoms with van der Waals surface area (Å²) in [6.07, 6.45) is 2.80. The van der Waals surface area contributed by atoms with Crippen molar-refractivity contribution in [2.24, 2.45) is 38.7 Å². The number of fused-ring (bicyclic) bond motifs is 1. The van der Waals surface area contributed by atoms with Crippen molar-refractivity contribution in [3.05, 3.63) is 46.9 Å². The highest BCUT2D eigenvalue weighted by Gasteiger charge is 2.26. The number of nitrogens with zero attached hydrogens (tertiary/aromatic N) is 2. The molecule has 7 amide bonds. The van der Waals surface area contributed by atoms with Crippen LogP contribution < -0.4 is 60.0 Å². The molecule has 1 saturated heterocycles. The first-order valence-corrected chi connectivity index (χ1v) is 18.0. The number of nitrogens with one attached hydrogen (secondary N) is 5. The van der Waals surface area contributed by atoms with Crippen molar-refractivity contribution >= 4 is 81.2 Å². The van der Waals surface area contributed by atoms with E-state index in [-0.39, 0.29) is 62.2 Å². The van der Waals surface area contributed by atoms with Crippen molar-refractivity contribution in [1.82, 2.24) is 26.6 Å². The molecule has 2 unspecified atom stereocenters. The van der Waals surface area contributed by atoms with Crippen LogP contribution in [0.25, 0.3) is 16.8 Å². The molecule has 1 heterocycles. The fourth-order valence-corrected chi connectivity index (χ4v) is 5.84. The van der Waals surface area contributed by atoms with Gasteiger partial charge in [-0.1, -0.05) is 30.3 Å². The number of nitrogens with two attached hydrogens (primary N) is 5. The van der Waals surface area contributed by atoms with Crippen LogP contribution in [0.5, 0.6) is 5.75 Å². The number of hydrogen-bond donors (Lipinski definition) is 10. The predicted octanol–water partition coefficient (Wildman–Crippen LogP) is -1.88. The summed E-state index contributed by atoms with van der Waals surface area (Å²) >= 11 is 0.825. The lowest BCUT2D eigenvalue weighted by Gasteiger charge is -2.20. The van der Waals surface area contributed by atoms with Crippen LogP contribution in [0, 0.1) is 0 Å². The fourth-order valence-electron chi connectivity index (χ4n) is 5.17. The molecule has 0 aromatic heterocycles. The molecule has 3 rings (SSSR count). The van der Waals surface area contributed by atoms with E-state index in [2.05, 4.69) is 36.6 Å². The molecule has 0 saturated carbocycles. The van der Waals surface area contributed by atoms with Crippen molar-refractivity contribution in [3.8, 4) is 5.75 Å². The van der Waals surface area contributed by atoms with E-state index in [4.69, 9.17) is 33.4 Å². The maximum absolute atomic E-state index is 13.2. The summed E-state index contributed by atoms with van der Waals surface area (Å²) < 4.78 is 6.00. The van der Waals surface area contributed by atoms with Crippen LogP contribution in [-0.4, -0.2) is 97.5 Å². The van der Waals surface area contributed by atoms with E-state index < -0.39 is 65.9 Å². The molecule has 15 N–H and O–H groups in total. The van der Waals surface area contributed by atoms with Gasteiger partial charge in [-0.15, -0.1) is 0 Å². The van der Waals surface area contributed by atoms with Crippen LogP contribution in [0.15, 0.2) is 51.3 Å². The number of carbonyl (C=O) groups is 7. The molecule has 21 heteroatoms.